The van der Waals surface area contributed by atoms with Gasteiger partial charge in [-0.3, -0.25) is 9.69 Å². The quantitative estimate of drug-likeness (QED) is 0.494. The molecule has 1 aromatic heterocycles. The maximum absolute atomic E-state index is 13.3. The number of carbonyl (C=O) groups is 1. The van der Waals surface area contributed by atoms with Gasteiger partial charge in [0.2, 0.25) is 0 Å². The Bertz CT molecular complexity index is 1190. The van der Waals surface area contributed by atoms with E-state index >= 15 is 0 Å². The largest absolute Gasteiger partial charge is 0.412 e. The fraction of sp³-hybridized carbons (Fsp3) is 0.600. The van der Waals surface area contributed by atoms with Gasteiger partial charge < -0.3 is 37.3 Å². The number of hydrogen-bond donors (Lipinski definition) is 3. The zero-order valence-electron chi connectivity index (χ0n) is 23.0. The number of rotatable bonds is 5. The number of anilines is 1. The van der Waals surface area contributed by atoms with E-state index in [1.165, 1.54) is 18.5 Å². The first-order valence-electron chi connectivity index (χ1n) is 14.1. The third-order valence-corrected chi connectivity index (χ3v) is 10.4. The van der Waals surface area contributed by atoms with Gasteiger partial charge in [0.05, 0.1) is 11.2 Å². The summed E-state index contributed by atoms with van der Waals surface area (Å²) in [5.74, 6) is 0.871. The Hall–Kier alpha value is -2.60. The van der Waals surface area contributed by atoms with Gasteiger partial charge in [-0.1, -0.05) is 24.3 Å². The number of fused-ring (bicyclic) bond motifs is 4. The number of nitrogen functional groups attached to an aromatic ring is 1. The number of aliphatic hydroxyl groups is 1. The molecular weight excluding hydrogens is 512 g/mol. The first-order valence-corrected chi connectivity index (χ1v) is 14.1. The lowest BCUT2D eigenvalue weighted by atomic mass is 9.63. The van der Waals surface area contributed by atoms with E-state index in [0.29, 0.717) is 17.0 Å². The van der Waals surface area contributed by atoms with Crippen LogP contribution in [0.3, 0.4) is 0 Å². The number of nitrogens with zero attached hydrogens (tertiary/aromatic N) is 2. The highest BCUT2D eigenvalue weighted by Crippen LogP contribution is 2.59. The Balaban J connectivity index is 0.00000123. The van der Waals surface area contributed by atoms with Crippen LogP contribution in [0.25, 0.3) is 11.1 Å². The standard InChI is InChI=1S/C30H38N4O3.3H2O/c31-26-25(27(35)33-28-7-10-29(36,11-8-28)12-9-28)15-21(17-32-26)20-1-3-22(4-2-20)30-16-23(30)18-34(19-30)24-5-13-37-14-6-24;;;/h1-4,15,17,23-24,36H,5-14,16,18-19H2,(H2,31,32)(H,33,35);3*1H2/t23-,28?,29?,30+;;;/m1.../s1. The molecule has 0 unspecified atom stereocenters. The lowest BCUT2D eigenvalue weighted by Crippen LogP contribution is -2.58. The average Bonchev–Trinajstić information content (AvgIpc) is 3.50. The number of nitrogens with two attached hydrogens (primary N) is 1. The van der Waals surface area contributed by atoms with Gasteiger partial charge >= 0.3 is 0 Å². The summed E-state index contributed by atoms with van der Waals surface area (Å²) in [7, 11) is 0. The third kappa shape index (κ3) is 5.13. The minimum atomic E-state index is -0.527. The summed E-state index contributed by atoms with van der Waals surface area (Å²) >= 11 is 0. The van der Waals surface area contributed by atoms with Crippen LogP contribution >= 0.6 is 0 Å². The van der Waals surface area contributed by atoms with E-state index in [4.69, 9.17) is 10.5 Å². The molecule has 3 heterocycles. The molecule has 1 amide bonds. The van der Waals surface area contributed by atoms with Crippen molar-refractivity contribution in [1.29, 1.82) is 0 Å². The van der Waals surface area contributed by atoms with Gasteiger partial charge in [0.15, 0.2) is 0 Å². The molecule has 2 bridgehead atoms. The minimum Gasteiger partial charge on any atom is -0.412 e. The Morgan fingerprint density at radius 2 is 1.65 bits per heavy atom. The average molecular weight is 557 g/mol. The molecule has 2 atom stereocenters. The molecule has 2 aromatic rings. The molecule has 2 aliphatic heterocycles. The molecule has 8 rings (SSSR count). The van der Waals surface area contributed by atoms with Crippen molar-refractivity contribution in [3.8, 4) is 11.1 Å². The Morgan fingerprint density at radius 3 is 2.30 bits per heavy atom. The van der Waals surface area contributed by atoms with Crippen LogP contribution in [0, 0.1) is 5.92 Å². The monoisotopic (exact) mass is 556 g/mol. The van der Waals surface area contributed by atoms with Crippen LogP contribution in [-0.2, 0) is 10.2 Å². The molecular formula is C30H44N4O6. The van der Waals surface area contributed by atoms with E-state index in [2.05, 4.69) is 39.5 Å². The molecule has 10 heteroatoms. The summed E-state index contributed by atoms with van der Waals surface area (Å²) in [6.45, 7) is 4.17. The minimum absolute atomic E-state index is 0. The number of aromatic nitrogens is 1. The molecule has 4 saturated carbocycles. The number of nitrogens with one attached hydrogen (secondary N) is 1. The number of carbonyl (C=O) groups excluding carboxylic acids is 1. The summed E-state index contributed by atoms with van der Waals surface area (Å²) in [5, 5.41) is 13.8. The van der Waals surface area contributed by atoms with Crippen molar-refractivity contribution in [2.75, 3.05) is 32.0 Å². The second kappa shape index (κ2) is 11.0. The molecule has 40 heavy (non-hydrogen) atoms. The maximum atomic E-state index is 13.3. The number of pyridine rings is 1. The van der Waals surface area contributed by atoms with E-state index in [1.807, 2.05) is 6.07 Å². The first-order chi connectivity index (χ1) is 17.9. The van der Waals surface area contributed by atoms with Crippen LogP contribution in [0.2, 0.25) is 0 Å². The maximum Gasteiger partial charge on any atom is 0.255 e. The van der Waals surface area contributed by atoms with Crippen molar-refractivity contribution >= 4 is 11.7 Å². The summed E-state index contributed by atoms with van der Waals surface area (Å²) in [5.41, 5.74) is 9.56. The van der Waals surface area contributed by atoms with Crippen molar-refractivity contribution in [2.24, 2.45) is 5.92 Å². The van der Waals surface area contributed by atoms with Crippen molar-refractivity contribution in [3.63, 3.8) is 0 Å². The van der Waals surface area contributed by atoms with Gasteiger partial charge in [0.25, 0.3) is 5.91 Å². The zero-order valence-corrected chi connectivity index (χ0v) is 23.0. The number of likely N-dealkylation sites (tertiary alicyclic amines) is 1. The molecule has 0 radical (unpaired) electrons. The summed E-state index contributed by atoms with van der Waals surface area (Å²) in [6.07, 6.45) is 10.1. The van der Waals surface area contributed by atoms with Gasteiger partial charge in [-0.2, -0.15) is 0 Å². The molecule has 10 N–H and O–H groups in total. The van der Waals surface area contributed by atoms with Crippen molar-refractivity contribution in [3.05, 3.63) is 47.7 Å². The smallest absolute Gasteiger partial charge is 0.255 e. The lowest BCUT2D eigenvalue weighted by Gasteiger charge is -2.51. The first kappa shape index (κ1) is 30.4. The molecule has 1 aromatic carbocycles. The second-order valence-electron chi connectivity index (χ2n) is 12.5. The predicted octanol–water partition coefficient (Wildman–Crippen LogP) is 1.18. The van der Waals surface area contributed by atoms with Gasteiger partial charge in [-0.15, -0.1) is 0 Å². The Kier molecular flexibility index (Phi) is 8.35. The number of ether oxygens (including phenoxy) is 1. The van der Waals surface area contributed by atoms with Gasteiger partial charge in [0.1, 0.15) is 5.82 Å². The van der Waals surface area contributed by atoms with Crippen LogP contribution in [-0.4, -0.2) is 80.8 Å². The Morgan fingerprint density at radius 1 is 1.00 bits per heavy atom. The van der Waals surface area contributed by atoms with Crippen LogP contribution in [0.5, 0.6) is 0 Å². The molecule has 10 nitrogen and oxygen atoms in total. The van der Waals surface area contributed by atoms with E-state index < -0.39 is 5.60 Å². The van der Waals surface area contributed by atoms with Crippen LogP contribution in [0.4, 0.5) is 5.82 Å². The molecule has 6 fully saturated rings. The lowest BCUT2D eigenvalue weighted by molar-refractivity contribution is -0.0702. The zero-order chi connectivity index (χ0) is 25.3. The van der Waals surface area contributed by atoms with Crippen molar-refractivity contribution in [1.82, 2.24) is 15.2 Å². The number of hydrogen-bond acceptors (Lipinski definition) is 6. The normalized spacial score (nSPS) is 32.7. The van der Waals surface area contributed by atoms with E-state index in [-0.39, 0.29) is 33.7 Å². The van der Waals surface area contributed by atoms with Crippen LogP contribution in [0.1, 0.15) is 73.7 Å². The SMILES string of the molecule is Nc1ncc(-c2ccc([C@@]34C[C@@H]3CN(C3CCOCC3)C4)cc2)cc1C(=O)NC12CCC(O)(CC1)CC2.O.O.O. The highest BCUT2D eigenvalue weighted by atomic mass is 16.5. The Labute approximate surface area is 235 Å². The van der Waals surface area contributed by atoms with Crippen LogP contribution in [0.15, 0.2) is 36.5 Å². The topological polar surface area (TPSA) is 195 Å². The molecule has 220 valence electrons. The third-order valence-electron chi connectivity index (χ3n) is 10.4. The summed E-state index contributed by atoms with van der Waals surface area (Å²) in [6, 6.07) is 11.5. The van der Waals surface area contributed by atoms with Gasteiger partial charge in [0, 0.05) is 55.1 Å². The number of benzene rings is 1. The van der Waals surface area contributed by atoms with E-state index in [9.17, 15) is 9.90 Å². The van der Waals surface area contributed by atoms with Crippen molar-refractivity contribution < 1.29 is 31.1 Å². The highest BCUT2D eigenvalue weighted by molar-refractivity contribution is 5.99. The van der Waals surface area contributed by atoms with Gasteiger partial charge in [-0.25, -0.2) is 4.98 Å². The number of piperidine rings is 1. The van der Waals surface area contributed by atoms with E-state index in [0.717, 1.165) is 88.2 Å². The predicted molar refractivity (Wildman–Crippen MR) is 153 cm³/mol. The molecule has 0 spiro atoms. The fourth-order valence-corrected chi connectivity index (χ4v) is 7.77. The second-order valence-corrected chi connectivity index (χ2v) is 12.5. The molecule has 4 aliphatic carbocycles. The molecule has 6 aliphatic rings. The summed E-state index contributed by atoms with van der Waals surface area (Å²) < 4.78 is 5.57. The fourth-order valence-electron chi connectivity index (χ4n) is 7.77. The highest BCUT2D eigenvalue weighted by Gasteiger charge is 2.61. The summed E-state index contributed by atoms with van der Waals surface area (Å²) in [4.78, 5) is 20.4. The van der Waals surface area contributed by atoms with Crippen molar-refractivity contribution in [2.45, 2.75) is 80.4 Å². The van der Waals surface area contributed by atoms with E-state index in [1.54, 1.807) is 6.20 Å². The number of amides is 1. The van der Waals surface area contributed by atoms with Gasteiger partial charge in [-0.05, 0) is 80.9 Å². The molecule has 2 saturated heterocycles. The van der Waals surface area contributed by atoms with Crippen LogP contribution < -0.4 is 11.1 Å².